The highest BCUT2D eigenvalue weighted by molar-refractivity contribution is 5.81. The van der Waals surface area contributed by atoms with E-state index >= 15 is 0 Å². The smallest absolute Gasteiger partial charge is 0.335 e. The number of methoxy groups -OCH3 is 2. The Morgan fingerprint density at radius 1 is 0.500 bits per heavy atom. The fraction of sp³-hybridized carbons (Fsp3) is 0.867. The first-order chi connectivity index (χ1) is 24.4. The summed E-state index contributed by atoms with van der Waals surface area (Å²) in [5.74, 6) is -10.1. The normalized spacial score (nSPS) is 47.0. The lowest BCUT2D eigenvalue weighted by Gasteiger charge is -2.48. The van der Waals surface area contributed by atoms with Gasteiger partial charge in [0, 0.05) is 39.0 Å². The number of carbonyl (C=O) groups excluding carboxylic acids is 1. The first-order valence-electron chi connectivity index (χ1n) is 16.4. The third-order valence-corrected chi connectivity index (χ3v) is 10.4. The minimum Gasteiger partial charge on any atom is -0.479 e. The van der Waals surface area contributed by atoms with Crippen molar-refractivity contribution in [1.29, 1.82) is 0 Å². The number of aliphatic carboxylic acids is 3. The SMILES string of the molecule is CNC(=O)C1OC(CC2C(C(=O)O)OC(OC)C(O)C2O)C(O)C(O)C1CC1OC(C(=O)O)C(CC2OC(C(=O)O)C(OC)C(O)C2O)C(O)C1O. The van der Waals surface area contributed by atoms with Crippen LogP contribution in [0.5, 0.6) is 0 Å². The molecule has 12 N–H and O–H groups in total. The summed E-state index contributed by atoms with van der Waals surface area (Å²) in [6, 6.07) is 0. The molecule has 4 fully saturated rings. The van der Waals surface area contributed by atoms with E-state index in [2.05, 4.69) is 5.32 Å². The zero-order valence-corrected chi connectivity index (χ0v) is 28.2. The van der Waals surface area contributed by atoms with Crippen molar-refractivity contribution in [3.63, 3.8) is 0 Å². The van der Waals surface area contributed by atoms with Gasteiger partial charge in [0.2, 0.25) is 5.91 Å². The van der Waals surface area contributed by atoms with Crippen molar-refractivity contribution in [2.24, 2.45) is 17.8 Å². The van der Waals surface area contributed by atoms with Crippen molar-refractivity contribution >= 4 is 23.8 Å². The summed E-state index contributed by atoms with van der Waals surface area (Å²) < 4.78 is 32.0. The molecule has 22 heteroatoms. The third kappa shape index (κ3) is 8.19. The molecule has 0 spiro atoms. The molecular weight excluding hydrogens is 710 g/mol. The first kappa shape index (κ1) is 42.1. The Morgan fingerprint density at radius 2 is 0.865 bits per heavy atom. The van der Waals surface area contributed by atoms with Crippen molar-refractivity contribution in [3.05, 3.63) is 0 Å². The topological polar surface area (TPSA) is 358 Å². The van der Waals surface area contributed by atoms with Gasteiger partial charge in [-0.1, -0.05) is 0 Å². The molecule has 0 aliphatic carbocycles. The molecule has 4 aliphatic heterocycles. The summed E-state index contributed by atoms with van der Waals surface area (Å²) >= 11 is 0. The molecule has 4 aliphatic rings. The largest absolute Gasteiger partial charge is 0.479 e. The van der Waals surface area contributed by atoms with Crippen LogP contribution in [0.25, 0.3) is 0 Å². The summed E-state index contributed by atoms with van der Waals surface area (Å²) in [5, 5.41) is 119. The maximum absolute atomic E-state index is 13.0. The Bertz CT molecular complexity index is 1270. The molecule has 298 valence electrons. The molecule has 0 saturated carbocycles. The number of hydrogen-bond donors (Lipinski definition) is 12. The molecule has 52 heavy (non-hydrogen) atoms. The van der Waals surface area contributed by atoms with Crippen LogP contribution in [0.1, 0.15) is 19.3 Å². The minimum atomic E-state index is -1.96. The molecule has 4 rings (SSSR count). The second-order valence-electron chi connectivity index (χ2n) is 13.4. The summed E-state index contributed by atoms with van der Waals surface area (Å²) in [6.07, 6.45) is -31.6. The highest BCUT2D eigenvalue weighted by Crippen LogP contribution is 2.40. The van der Waals surface area contributed by atoms with Gasteiger partial charge in [-0.25, -0.2) is 14.4 Å². The number of likely N-dealkylation sites (N-methyl/N-ethyl adjacent to an activating group) is 1. The molecule has 0 radical (unpaired) electrons. The predicted octanol–water partition coefficient (Wildman–Crippen LogP) is -6.42. The molecular formula is C30H47NO21. The molecule has 0 aromatic heterocycles. The maximum atomic E-state index is 13.0. The van der Waals surface area contributed by atoms with Crippen LogP contribution in [0.15, 0.2) is 0 Å². The van der Waals surface area contributed by atoms with E-state index in [1.807, 2.05) is 0 Å². The number of carbonyl (C=O) groups is 4. The van der Waals surface area contributed by atoms with Gasteiger partial charge in [-0.15, -0.1) is 0 Å². The first-order valence-corrected chi connectivity index (χ1v) is 16.4. The molecule has 0 bridgehead atoms. The van der Waals surface area contributed by atoms with Crippen molar-refractivity contribution in [3.8, 4) is 0 Å². The highest BCUT2D eigenvalue weighted by Gasteiger charge is 2.57. The lowest BCUT2D eigenvalue weighted by molar-refractivity contribution is -0.285. The van der Waals surface area contributed by atoms with Crippen molar-refractivity contribution in [2.45, 2.75) is 123 Å². The second kappa shape index (κ2) is 17.2. The molecule has 22 nitrogen and oxygen atoms in total. The van der Waals surface area contributed by atoms with E-state index in [1.54, 1.807) is 0 Å². The Balaban J connectivity index is 1.54. The van der Waals surface area contributed by atoms with E-state index in [1.165, 1.54) is 7.05 Å². The van der Waals surface area contributed by atoms with Gasteiger partial charge >= 0.3 is 17.9 Å². The van der Waals surface area contributed by atoms with E-state index < -0.39 is 165 Å². The summed E-state index contributed by atoms with van der Waals surface area (Å²) in [7, 11) is 3.39. The Morgan fingerprint density at radius 3 is 1.27 bits per heavy atom. The van der Waals surface area contributed by atoms with Gasteiger partial charge in [0.15, 0.2) is 24.6 Å². The van der Waals surface area contributed by atoms with E-state index in [-0.39, 0.29) is 0 Å². The molecule has 1 amide bonds. The highest BCUT2D eigenvalue weighted by atomic mass is 16.7. The molecule has 4 saturated heterocycles. The number of ether oxygens (including phenoxy) is 6. The van der Waals surface area contributed by atoms with E-state index in [4.69, 9.17) is 28.4 Å². The number of carboxylic acid groups (broad SMARTS) is 3. The zero-order valence-electron chi connectivity index (χ0n) is 28.2. The van der Waals surface area contributed by atoms with Crippen molar-refractivity contribution < 1.29 is 104 Å². The summed E-state index contributed by atoms with van der Waals surface area (Å²) in [6.45, 7) is 0. The summed E-state index contributed by atoms with van der Waals surface area (Å²) in [4.78, 5) is 49.2. The van der Waals surface area contributed by atoms with E-state index in [0.717, 1.165) is 14.2 Å². The average molecular weight is 758 g/mol. The summed E-state index contributed by atoms with van der Waals surface area (Å²) in [5.41, 5.74) is 0. The van der Waals surface area contributed by atoms with Crippen LogP contribution >= 0.6 is 0 Å². The number of nitrogens with one attached hydrogen (secondary N) is 1. The zero-order chi connectivity index (χ0) is 38.9. The van der Waals surface area contributed by atoms with Gasteiger partial charge in [0.05, 0.1) is 36.6 Å². The van der Waals surface area contributed by atoms with Crippen LogP contribution in [0, 0.1) is 17.8 Å². The van der Waals surface area contributed by atoms with Crippen molar-refractivity contribution in [2.75, 3.05) is 21.3 Å². The van der Waals surface area contributed by atoms with Gasteiger partial charge in [0.25, 0.3) is 0 Å². The quantitative estimate of drug-likeness (QED) is 0.0880. The van der Waals surface area contributed by atoms with Crippen molar-refractivity contribution in [1.82, 2.24) is 5.32 Å². The molecule has 20 unspecified atom stereocenters. The number of aliphatic hydroxyl groups excluding tert-OH is 8. The fourth-order valence-electron chi connectivity index (χ4n) is 7.62. The number of carboxylic acids is 3. The lowest BCUT2D eigenvalue weighted by Crippen LogP contribution is -2.64. The molecule has 0 aromatic carbocycles. The van der Waals surface area contributed by atoms with Gasteiger partial charge < -0.3 is 89.9 Å². The molecule has 4 heterocycles. The Kier molecular flexibility index (Phi) is 13.9. The second-order valence-corrected chi connectivity index (χ2v) is 13.4. The van der Waals surface area contributed by atoms with Crippen LogP contribution < -0.4 is 5.32 Å². The predicted molar refractivity (Wildman–Crippen MR) is 162 cm³/mol. The number of aliphatic hydroxyl groups is 8. The lowest BCUT2D eigenvalue weighted by atomic mass is 9.75. The van der Waals surface area contributed by atoms with Crippen LogP contribution in [0.2, 0.25) is 0 Å². The van der Waals surface area contributed by atoms with E-state index in [9.17, 15) is 75.3 Å². The molecule has 0 aromatic rings. The number of hydrogen-bond acceptors (Lipinski definition) is 18. The van der Waals surface area contributed by atoms with Gasteiger partial charge in [-0.05, 0) is 19.3 Å². The fourth-order valence-corrected chi connectivity index (χ4v) is 7.62. The monoisotopic (exact) mass is 757 g/mol. The van der Waals surface area contributed by atoms with Gasteiger partial charge in [-0.2, -0.15) is 0 Å². The van der Waals surface area contributed by atoms with Gasteiger partial charge in [-0.3, -0.25) is 4.79 Å². The molecule has 20 atom stereocenters. The minimum absolute atomic E-state index is 0.564. The standard InChI is InChI=1S/C30H47NO21/c1-31-26(40)21-7(13(32)16(35)10(49-21)6-9-15(34)20(39)30(48-3)52-23(9)28(43)44)4-11-17(36)14(33)8(22(50-11)27(41)42)5-12-18(37)19(38)24(47-2)25(51-12)29(45)46/h7-25,30,32-39H,4-6H2,1-3H3,(H,31,40)(H,41,42)(H,43,44)(H,45,46). The Hall–Kier alpha value is -2.68. The van der Waals surface area contributed by atoms with Gasteiger partial charge in [0.1, 0.15) is 42.7 Å². The van der Waals surface area contributed by atoms with E-state index in [0.29, 0.717) is 0 Å². The Labute approximate surface area is 295 Å². The number of rotatable bonds is 12. The third-order valence-electron chi connectivity index (χ3n) is 10.4. The van der Waals surface area contributed by atoms with Crippen LogP contribution in [-0.4, -0.2) is 205 Å². The van der Waals surface area contributed by atoms with Crippen LogP contribution in [0.3, 0.4) is 0 Å². The average Bonchev–Trinajstić information content (AvgIpc) is 3.10. The number of amides is 1. The maximum Gasteiger partial charge on any atom is 0.335 e. The van der Waals surface area contributed by atoms with Crippen LogP contribution in [-0.2, 0) is 47.6 Å². The van der Waals surface area contributed by atoms with Crippen LogP contribution in [0.4, 0.5) is 0 Å².